The normalized spacial score (nSPS) is 22.4. The number of ether oxygens (including phenoxy) is 1. The van der Waals surface area contributed by atoms with Crippen LogP contribution >= 0.6 is 0 Å². The van der Waals surface area contributed by atoms with Gasteiger partial charge in [-0.05, 0) is 56.1 Å². The Kier molecular flexibility index (Phi) is 5.36. The molecule has 7 rings (SSSR count). The predicted molar refractivity (Wildman–Crippen MR) is 138 cm³/mol. The van der Waals surface area contributed by atoms with Gasteiger partial charge in [-0.3, -0.25) is 24.6 Å². The summed E-state index contributed by atoms with van der Waals surface area (Å²) in [5.41, 5.74) is 4.97. The van der Waals surface area contributed by atoms with Crippen LogP contribution in [0.15, 0.2) is 54.9 Å². The second-order valence-corrected chi connectivity index (χ2v) is 10.8. The first-order valence-electron chi connectivity index (χ1n) is 13.3. The Morgan fingerprint density at radius 1 is 1.05 bits per heavy atom. The topological polar surface area (TPSA) is 96.8 Å². The van der Waals surface area contributed by atoms with Crippen LogP contribution in [0.25, 0.3) is 5.69 Å². The third kappa shape index (κ3) is 3.64. The molecule has 0 saturated carbocycles. The Balaban J connectivity index is 1.08. The molecule has 9 heteroatoms. The number of piperidine rings is 2. The number of nitrogens with zero attached hydrogens (tertiary/aromatic N) is 4. The highest BCUT2D eigenvalue weighted by molar-refractivity contribution is 6.05. The minimum absolute atomic E-state index is 0.0620. The molecule has 3 amide bonds. The molecule has 9 nitrogen and oxygen atoms in total. The minimum atomic E-state index is -0.619. The Bertz CT molecular complexity index is 1440. The van der Waals surface area contributed by atoms with Crippen LogP contribution in [-0.2, 0) is 28.1 Å². The Labute approximate surface area is 220 Å². The fourth-order valence-electron chi connectivity index (χ4n) is 6.56. The average molecular weight is 512 g/mol. The summed E-state index contributed by atoms with van der Waals surface area (Å²) in [6.45, 7) is 3.72. The van der Waals surface area contributed by atoms with E-state index in [1.165, 1.54) is 11.1 Å². The maximum Gasteiger partial charge on any atom is 0.255 e. The SMILES string of the molecule is O=C1CCC(N2Cc3c(ccc4c3OCC43CCN(Cc4ccccc4-n4cccn4)CC3)C2=O)C(=O)N1. The fourth-order valence-corrected chi connectivity index (χ4v) is 6.56. The summed E-state index contributed by atoms with van der Waals surface area (Å²) in [6.07, 6.45) is 6.34. The highest BCUT2D eigenvalue weighted by Crippen LogP contribution is 2.49. The molecule has 0 radical (unpaired) electrons. The molecule has 1 spiro atoms. The van der Waals surface area contributed by atoms with E-state index in [0.29, 0.717) is 25.1 Å². The molecule has 0 bridgehead atoms. The number of carbonyl (C=O) groups excluding carboxylic acids is 3. The smallest absolute Gasteiger partial charge is 0.255 e. The molecule has 2 fully saturated rings. The van der Waals surface area contributed by atoms with E-state index in [-0.39, 0.29) is 23.7 Å². The van der Waals surface area contributed by atoms with Crippen LogP contribution in [0.2, 0.25) is 0 Å². The molecular weight excluding hydrogens is 482 g/mol. The van der Waals surface area contributed by atoms with Crippen LogP contribution in [0.4, 0.5) is 0 Å². The molecule has 1 atom stereocenters. The van der Waals surface area contributed by atoms with E-state index in [1.54, 1.807) is 11.1 Å². The van der Waals surface area contributed by atoms with Gasteiger partial charge in [0.1, 0.15) is 11.8 Å². The van der Waals surface area contributed by atoms with Gasteiger partial charge in [0.2, 0.25) is 11.8 Å². The van der Waals surface area contributed by atoms with Crippen molar-refractivity contribution in [3.05, 3.63) is 77.1 Å². The summed E-state index contributed by atoms with van der Waals surface area (Å²) in [7, 11) is 0. The largest absolute Gasteiger partial charge is 0.492 e. The number of fused-ring (bicyclic) bond motifs is 4. The van der Waals surface area contributed by atoms with Crippen LogP contribution < -0.4 is 10.1 Å². The van der Waals surface area contributed by atoms with Gasteiger partial charge in [0, 0.05) is 47.5 Å². The van der Waals surface area contributed by atoms with Crippen LogP contribution in [0.5, 0.6) is 5.75 Å². The first-order valence-corrected chi connectivity index (χ1v) is 13.3. The third-order valence-corrected chi connectivity index (χ3v) is 8.68. The molecule has 1 N–H and O–H groups in total. The number of rotatable bonds is 4. The molecule has 2 aromatic carbocycles. The van der Waals surface area contributed by atoms with Crippen LogP contribution in [0.1, 0.15) is 52.7 Å². The first kappa shape index (κ1) is 23.2. The number of imide groups is 1. The number of carbonyl (C=O) groups is 3. The van der Waals surface area contributed by atoms with Crippen molar-refractivity contribution in [2.24, 2.45) is 0 Å². The quantitative estimate of drug-likeness (QED) is 0.541. The fraction of sp³-hybridized carbons (Fsp3) is 0.379. The monoisotopic (exact) mass is 511 g/mol. The Hall–Kier alpha value is -3.98. The van der Waals surface area contributed by atoms with Crippen molar-refractivity contribution in [2.45, 2.75) is 50.2 Å². The molecule has 3 aromatic rings. The maximum atomic E-state index is 13.2. The number of benzene rings is 2. The zero-order valence-electron chi connectivity index (χ0n) is 21.1. The predicted octanol–water partition coefficient (Wildman–Crippen LogP) is 2.56. The number of nitrogens with one attached hydrogen (secondary N) is 1. The van der Waals surface area contributed by atoms with Gasteiger partial charge in [-0.2, -0.15) is 5.10 Å². The summed E-state index contributed by atoms with van der Waals surface area (Å²) >= 11 is 0. The number of aromatic nitrogens is 2. The number of hydrogen-bond acceptors (Lipinski definition) is 6. The molecule has 1 aromatic heterocycles. The van der Waals surface area contributed by atoms with E-state index < -0.39 is 11.9 Å². The zero-order chi connectivity index (χ0) is 25.9. The summed E-state index contributed by atoms with van der Waals surface area (Å²) in [5.74, 6) is -0.00799. The van der Waals surface area contributed by atoms with E-state index in [4.69, 9.17) is 4.74 Å². The standard InChI is InChI=1S/C29H29N5O4/c35-25-9-8-24(27(36)31-25)33-17-21-20(28(33)37)6-7-22-26(21)38-18-29(22)10-14-32(15-11-29)16-19-4-1-2-5-23(19)34-13-3-12-30-34/h1-7,12-13,24H,8-11,14-18H2,(H,31,35,36). The highest BCUT2D eigenvalue weighted by atomic mass is 16.5. The van der Waals surface area contributed by atoms with E-state index in [1.807, 2.05) is 29.1 Å². The van der Waals surface area contributed by atoms with Gasteiger partial charge in [0.05, 0.1) is 18.8 Å². The van der Waals surface area contributed by atoms with Gasteiger partial charge < -0.3 is 9.64 Å². The van der Waals surface area contributed by atoms with Crippen molar-refractivity contribution in [1.29, 1.82) is 0 Å². The van der Waals surface area contributed by atoms with Crippen molar-refractivity contribution in [2.75, 3.05) is 19.7 Å². The second kappa shape index (κ2) is 8.80. The molecule has 1 unspecified atom stereocenters. The lowest BCUT2D eigenvalue weighted by Gasteiger charge is -2.38. The van der Waals surface area contributed by atoms with E-state index >= 15 is 0 Å². The summed E-state index contributed by atoms with van der Waals surface area (Å²) in [5, 5.41) is 6.79. The van der Waals surface area contributed by atoms with Gasteiger partial charge in [-0.25, -0.2) is 4.68 Å². The Morgan fingerprint density at radius 3 is 2.68 bits per heavy atom. The van der Waals surface area contributed by atoms with Crippen LogP contribution in [0, 0.1) is 0 Å². The van der Waals surface area contributed by atoms with E-state index in [9.17, 15) is 14.4 Å². The number of hydrogen-bond donors (Lipinski definition) is 1. The average Bonchev–Trinajstić information content (AvgIpc) is 3.65. The van der Waals surface area contributed by atoms with Crippen LogP contribution in [-0.4, -0.2) is 63.0 Å². The first-order chi connectivity index (χ1) is 18.5. The van der Waals surface area contributed by atoms with Crippen molar-refractivity contribution in [1.82, 2.24) is 24.9 Å². The molecule has 38 heavy (non-hydrogen) atoms. The second-order valence-electron chi connectivity index (χ2n) is 10.8. The van der Waals surface area contributed by atoms with Gasteiger partial charge >= 0.3 is 0 Å². The van der Waals surface area contributed by atoms with Gasteiger partial charge in [-0.1, -0.05) is 24.3 Å². The maximum absolute atomic E-state index is 13.2. The van der Waals surface area contributed by atoms with Crippen molar-refractivity contribution >= 4 is 17.7 Å². The van der Waals surface area contributed by atoms with Gasteiger partial charge in [0.25, 0.3) is 5.91 Å². The van der Waals surface area contributed by atoms with Crippen molar-refractivity contribution in [3.63, 3.8) is 0 Å². The van der Waals surface area contributed by atoms with Crippen molar-refractivity contribution in [3.8, 4) is 11.4 Å². The highest BCUT2D eigenvalue weighted by Gasteiger charge is 2.47. The Morgan fingerprint density at radius 2 is 1.89 bits per heavy atom. The minimum Gasteiger partial charge on any atom is -0.492 e. The van der Waals surface area contributed by atoms with Gasteiger partial charge in [-0.15, -0.1) is 0 Å². The number of para-hydroxylation sites is 1. The molecule has 2 saturated heterocycles. The molecule has 4 aliphatic heterocycles. The van der Waals surface area contributed by atoms with Gasteiger partial charge in [0.15, 0.2) is 0 Å². The molecular formula is C29H29N5O4. The molecule has 194 valence electrons. The number of likely N-dealkylation sites (tertiary alicyclic amines) is 1. The third-order valence-electron chi connectivity index (χ3n) is 8.68. The van der Waals surface area contributed by atoms with E-state index in [2.05, 4.69) is 39.6 Å². The zero-order valence-corrected chi connectivity index (χ0v) is 21.1. The molecule has 5 heterocycles. The number of amides is 3. The lowest BCUT2D eigenvalue weighted by molar-refractivity contribution is -0.136. The molecule has 4 aliphatic rings. The lowest BCUT2D eigenvalue weighted by Crippen LogP contribution is -2.52. The van der Waals surface area contributed by atoms with Crippen molar-refractivity contribution < 1.29 is 19.1 Å². The van der Waals surface area contributed by atoms with E-state index in [0.717, 1.165) is 49.5 Å². The lowest BCUT2D eigenvalue weighted by atomic mass is 9.74. The molecule has 0 aliphatic carbocycles. The van der Waals surface area contributed by atoms with Crippen LogP contribution in [0.3, 0.4) is 0 Å². The summed E-state index contributed by atoms with van der Waals surface area (Å²) in [4.78, 5) is 41.3. The summed E-state index contributed by atoms with van der Waals surface area (Å²) < 4.78 is 8.24. The summed E-state index contributed by atoms with van der Waals surface area (Å²) in [6, 6.07) is 13.7.